The number of amides is 4. The number of hydrogen-bond donors (Lipinski definition) is 1. The van der Waals surface area contributed by atoms with Crippen molar-refractivity contribution in [3.05, 3.63) is 41.5 Å². The zero-order valence-corrected chi connectivity index (χ0v) is 17.8. The fraction of sp³-hybridized carbons (Fsp3) is 0.476. The highest BCUT2D eigenvalue weighted by Gasteiger charge is 2.48. The highest BCUT2D eigenvalue weighted by molar-refractivity contribution is 6.01. The number of aromatic nitrogens is 2. The van der Waals surface area contributed by atoms with Crippen molar-refractivity contribution in [2.75, 3.05) is 11.9 Å². The van der Waals surface area contributed by atoms with Crippen molar-refractivity contribution in [1.82, 2.24) is 19.9 Å². The molecule has 0 spiro atoms. The molecule has 176 valence electrons. The van der Waals surface area contributed by atoms with Gasteiger partial charge in [0.1, 0.15) is 13.1 Å². The number of fused-ring (bicyclic) bond motifs is 1. The smallest absolute Gasteiger partial charge is 0.337 e. The van der Waals surface area contributed by atoms with E-state index in [4.69, 9.17) is 4.52 Å². The van der Waals surface area contributed by atoms with Crippen molar-refractivity contribution in [2.45, 2.75) is 51.4 Å². The second-order valence-electron chi connectivity index (χ2n) is 8.12. The second-order valence-corrected chi connectivity index (χ2v) is 8.12. The Bertz CT molecular complexity index is 1070. The molecule has 1 aliphatic heterocycles. The summed E-state index contributed by atoms with van der Waals surface area (Å²) in [5, 5.41) is 5.91. The SMILES string of the molecule is Cc1noc(CN2C(=O)C3CCCCC3N(CC(=O)Nc3ccccc3C(F)(F)F)C2=O)n1. The molecule has 2 aromatic rings. The molecule has 1 aromatic carbocycles. The van der Waals surface area contributed by atoms with Crippen LogP contribution in [0.1, 0.15) is 43.0 Å². The zero-order chi connectivity index (χ0) is 23.8. The highest BCUT2D eigenvalue weighted by Crippen LogP contribution is 2.36. The van der Waals surface area contributed by atoms with Gasteiger partial charge in [0.2, 0.25) is 17.7 Å². The number of rotatable bonds is 5. The summed E-state index contributed by atoms with van der Waals surface area (Å²) in [5.41, 5.74) is -1.38. The monoisotopic (exact) mass is 465 g/mol. The molecule has 2 fully saturated rings. The minimum atomic E-state index is -4.65. The molecular formula is C21H22F3N5O4. The first kappa shape index (κ1) is 22.7. The number of alkyl halides is 3. The molecule has 1 aliphatic carbocycles. The van der Waals surface area contributed by atoms with Crippen molar-refractivity contribution >= 4 is 23.5 Å². The lowest BCUT2D eigenvalue weighted by molar-refractivity contribution is -0.142. The molecule has 2 heterocycles. The van der Waals surface area contributed by atoms with Crippen LogP contribution in [0.5, 0.6) is 0 Å². The van der Waals surface area contributed by atoms with Crippen molar-refractivity contribution in [1.29, 1.82) is 0 Å². The van der Waals surface area contributed by atoms with Gasteiger partial charge in [-0.2, -0.15) is 18.2 Å². The molecule has 4 rings (SSSR count). The van der Waals surface area contributed by atoms with Crippen LogP contribution < -0.4 is 5.32 Å². The summed E-state index contributed by atoms with van der Waals surface area (Å²) in [7, 11) is 0. The number of benzene rings is 1. The van der Waals surface area contributed by atoms with Crippen LogP contribution in [0.15, 0.2) is 28.8 Å². The standard InChI is InChI=1S/C21H22F3N5O4/c1-12-25-18(33-27-12)11-29-19(31)13-6-2-5-9-16(13)28(20(29)32)10-17(30)26-15-8-4-3-7-14(15)21(22,23)24/h3-4,7-8,13,16H,2,5-6,9-11H2,1H3,(H,26,30). The van der Waals surface area contributed by atoms with E-state index in [1.165, 1.54) is 17.0 Å². The van der Waals surface area contributed by atoms with E-state index in [0.29, 0.717) is 18.7 Å². The predicted molar refractivity (Wildman–Crippen MR) is 108 cm³/mol. The van der Waals surface area contributed by atoms with Gasteiger partial charge >= 0.3 is 12.2 Å². The number of halogens is 3. The molecular weight excluding hydrogens is 443 g/mol. The van der Waals surface area contributed by atoms with E-state index >= 15 is 0 Å². The first-order valence-electron chi connectivity index (χ1n) is 10.5. The van der Waals surface area contributed by atoms with Crippen molar-refractivity contribution in [2.24, 2.45) is 5.92 Å². The van der Waals surface area contributed by atoms with Crippen LogP contribution >= 0.6 is 0 Å². The Morgan fingerprint density at radius 1 is 1.21 bits per heavy atom. The molecule has 2 unspecified atom stereocenters. The Balaban J connectivity index is 1.55. The summed E-state index contributed by atoms with van der Waals surface area (Å²) in [6.45, 7) is 0.870. The van der Waals surface area contributed by atoms with E-state index in [2.05, 4.69) is 15.5 Å². The summed E-state index contributed by atoms with van der Waals surface area (Å²) >= 11 is 0. The number of imide groups is 1. The van der Waals surface area contributed by atoms with Crippen LogP contribution in [-0.4, -0.2) is 50.4 Å². The molecule has 9 nitrogen and oxygen atoms in total. The number of nitrogens with one attached hydrogen (secondary N) is 1. The molecule has 1 saturated heterocycles. The number of urea groups is 1. The lowest BCUT2D eigenvalue weighted by atomic mass is 9.81. The Hall–Kier alpha value is -3.44. The molecule has 0 radical (unpaired) electrons. The number of para-hydroxylation sites is 1. The molecule has 4 amide bonds. The number of anilines is 1. The molecule has 12 heteroatoms. The quantitative estimate of drug-likeness (QED) is 0.726. The average Bonchev–Trinajstić information content (AvgIpc) is 3.18. The average molecular weight is 465 g/mol. The van der Waals surface area contributed by atoms with Gasteiger partial charge < -0.3 is 14.7 Å². The molecule has 2 aliphatic rings. The molecule has 33 heavy (non-hydrogen) atoms. The third-order valence-electron chi connectivity index (χ3n) is 5.87. The maximum atomic E-state index is 13.3. The van der Waals surface area contributed by atoms with Crippen LogP contribution in [-0.2, 0) is 22.3 Å². The number of aryl methyl sites for hydroxylation is 1. The number of hydrogen-bond acceptors (Lipinski definition) is 6. The topological polar surface area (TPSA) is 109 Å². The van der Waals surface area contributed by atoms with E-state index in [1.54, 1.807) is 6.92 Å². The van der Waals surface area contributed by atoms with Crippen LogP contribution in [0.2, 0.25) is 0 Å². The zero-order valence-electron chi connectivity index (χ0n) is 17.8. The van der Waals surface area contributed by atoms with Gasteiger partial charge in [0.15, 0.2) is 5.82 Å². The van der Waals surface area contributed by atoms with Crippen LogP contribution in [0.25, 0.3) is 0 Å². The predicted octanol–water partition coefficient (Wildman–Crippen LogP) is 3.36. The number of carbonyl (C=O) groups excluding carboxylic acids is 3. The maximum absolute atomic E-state index is 13.3. The highest BCUT2D eigenvalue weighted by atomic mass is 19.4. The number of carbonyl (C=O) groups is 3. The lowest BCUT2D eigenvalue weighted by Gasteiger charge is -2.46. The van der Waals surface area contributed by atoms with Crippen LogP contribution in [0.3, 0.4) is 0 Å². The summed E-state index contributed by atoms with van der Waals surface area (Å²) in [6, 6.07) is 3.41. The van der Waals surface area contributed by atoms with E-state index in [0.717, 1.165) is 29.9 Å². The van der Waals surface area contributed by atoms with Gasteiger partial charge in [0, 0.05) is 6.04 Å². The van der Waals surface area contributed by atoms with Crippen LogP contribution in [0, 0.1) is 12.8 Å². The van der Waals surface area contributed by atoms with E-state index in [1.807, 2.05) is 0 Å². The third-order valence-corrected chi connectivity index (χ3v) is 5.87. The summed E-state index contributed by atoms with van der Waals surface area (Å²) in [5.74, 6) is -1.24. The van der Waals surface area contributed by atoms with E-state index in [-0.39, 0.29) is 18.3 Å². The van der Waals surface area contributed by atoms with Crippen LogP contribution in [0.4, 0.5) is 23.7 Å². The fourth-order valence-electron chi connectivity index (χ4n) is 4.42. The van der Waals surface area contributed by atoms with Gasteiger partial charge in [-0.05, 0) is 31.9 Å². The van der Waals surface area contributed by atoms with Gasteiger partial charge in [-0.25, -0.2) is 4.79 Å². The fourth-order valence-corrected chi connectivity index (χ4v) is 4.42. The Morgan fingerprint density at radius 2 is 1.94 bits per heavy atom. The lowest BCUT2D eigenvalue weighted by Crippen LogP contribution is -2.63. The van der Waals surface area contributed by atoms with Gasteiger partial charge in [-0.1, -0.05) is 30.1 Å². The molecule has 2 atom stereocenters. The largest absolute Gasteiger partial charge is 0.418 e. The van der Waals surface area contributed by atoms with E-state index < -0.39 is 47.9 Å². The van der Waals surface area contributed by atoms with Crippen molar-refractivity contribution in [3.63, 3.8) is 0 Å². The maximum Gasteiger partial charge on any atom is 0.418 e. The summed E-state index contributed by atoms with van der Waals surface area (Å²) in [4.78, 5) is 45.2. The molecule has 1 aromatic heterocycles. The number of nitrogens with zero attached hydrogens (tertiary/aromatic N) is 4. The minimum Gasteiger partial charge on any atom is -0.337 e. The molecule has 0 bridgehead atoms. The van der Waals surface area contributed by atoms with Gasteiger partial charge in [-0.3, -0.25) is 14.5 Å². The third kappa shape index (κ3) is 4.69. The normalized spacial score (nSPS) is 21.2. The van der Waals surface area contributed by atoms with Crippen molar-refractivity contribution < 1.29 is 32.1 Å². The van der Waals surface area contributed by atoms with Gasteiger partial charge in [0.25, 0.3) is 0 Å². The second kappa shape index (κ2) is 8.83. The van der Waals surface area contributed by atoms with Crippen molar-refractivity contribution in [3.8, 4) is 0 Å². The molecule has 1 saturated carbocycles. The summed E-state index contributed by atoms with van der Waals surface area (Å²) in [6.07, 6.45) is -1.99. The van der Waals surface area contributed by atoms with Gasteiger partial charge in [0.05, 0.1) is 17.2 Å². The molecule has 1 N–H and O–H groups in total. The summed E-state index contributed by atoms with van der Waals surface area (Å²) < 4.78 is 44.8. The Kier molecular flexibility index (Phi) is 6.09. The van der Waals surface area contributed by atoms with Gasteiger partial charge in [-0.15, -0.1) is 0 Å². The first-order chi connectivity index (χ1) is 15.6. The first-order valence-corrected chi connectivity index (χ1v) is 10.5. The Morgan fingerprint density at radius 3 is 2.64 bits per heavy atom. The Labute approximate surface area is 186 Å². The van der Waals surface area contributed by atoms with E-state index in [9.17, 15) is 27.6 Å². The minimum absolute atomic E-state index is 0.0759.